The Labute approximate surface area is 147 Å². The molecular weight excluding hydrogens is 382 g/mol. The van der Waals surface area contributed by atoms with Gasteiger partial charge in [0.25, 0.3) is 0 Å². The van der Waals surface area contributed by atoms with Crippen LogP contribution < -0.4 is 0 Å². The van der Waals surface area contributed by atoms with Crippen LogP contribution in [0.4, 0.5) is 0 Å². The highest BCUT2D eigenvalue weighted by molar-refractivity contribution is 7.46. The maximum Gasteiger partial charge on any atom is 0.469 e. The van der Waals surface area contributed by atoms with Crippen molar-refractivity contribution < 1.29 is 52.5 Å². The zero-order valence-electron chi connectivity index (χ0n) is 14.1. The second-order valence-corrected chi connectivity index (χ2v) is 7.74. The van der Waals surface area contributed by atoms with Crippen molar-refractivity contribution in [3.05, 3.63) is 0 Å². The summed E-state index contributed by atoms with van der Waals surface area (Å²) in [6.07, 6.45) is -3.64. The van der Waals surface area contributed by atoms with Crippen molar-refractivity contribution in [3.63, 3.8) is 0 Å². The summed E-state index contributed by atoms with van der Waals surface area (Å²) in [5.74, 6) is -2.45. The van der Waals surface area contributed by atoms with Crippen molar-refractivity contribution in [2.45, 2.75) is 50.8 Å². The number of hydrogen-bond donors (Lipinski definition) is 5. The Hall–Kier alpha value is 0.260. The molecule has 0 amide bonds. The van der Waals surface area contributed by atoms with E-state index >= 15 is 0 Å². The fourth-order valence-corrected chi connectivity index (χ4v) is 3.41. The van der Waals surface area contributed by atoms with Gasteiger partial charge < -0.3 is 43.4 Å². The Morgan fingerprint density at radius 2 is 1.80 bits per heavy atom. The molecule has 1 heterocycles. The van der Waals surface area contributed by atoms with Crippen molar-refractivity contribution in [1.82, 2.24) is 0 Å². The van der Waals surface area contributed by atoms with E-state index in [1.165, 1.54) is 0 Å². The molecule has 13 heteroatoms. The monoisotopic (exact) mass is 408 g/mol. The standard InChI is InChI=1S/C12H26O11P2/c1-3-19-24(20-4-2)21-6-5-9-7-10(13)11(14)12(15,23-9)8-22-25(16,17)18/h9-11,13-15H,3-8H2,1-2H3,(H2,16,17,18)/t9?,10?,11?,12-/m1/s1. The summed E-state index contributed by atoms with van der Waals surface area (Å²) >= 11 is 0. The average molecular weight is 408 g/mol. The lowest BCUT2D eigenvalue weighted by Gasteiger charge is -2.43. The number of aliphatic hydroxyl groups is 3. The molecule has 1 rings (SSSR count). The van der Waals surface area contributed by atoms with Gasteiger partial charge in [0.05, 0.1) is 32.0 Å². The SMILES string of the molecule is CCOP(OCC)OCCC1CC(O)C(O)[C@@](O)(COP(=O)(O)O)O1. The maximum absolute atomic E-state index is 10.8. The van der Waals surface area contributed by atoms with Crippen LogP contribution in [0.15, 0.2) is 0 Å². The van der Waals surface area contributed by atoms with Gasteiger partial charge in [0, 0.05) is 6.42 Å². The smallest absolute Gasteiger partial charge is 0.390 e. The molecule has 0 aromatic carbocycles. The molecule has 0 aliphatic carbocycles. The van der Waals surface area contributed by atoms with Gasteiger partial charge in [-0.3, -0.25) is 4.52 Å². The summed E-state index contributed by atoms with van der Waals surface area (Å²) in [6.45, 7) is 3.54. The third-order valence-corrected chi connectivity index (χ3v) is 5.04. The van der Waals surface area contributed by atoms with Gasteiger partial charge in [-0.25, -0.2) is 4.57 Å². The van der Waals surface area contributed by atoms with Gasteiger partial charge >= 0.3 is 16.4 Å². The van der Waals surface area contributed by atoms with Crippen LogP contribution >= 0.6 is 16.4 Å². The number of aliphatic hydroxyl groups excluding tert-OH is 2. The molecule has 0 radical (unpaired) electrons. The van der Waals surface area contributed by atoms with Crippen LogP contribution in [0.3, 0.4) is 0 Å². The van der Waals surface area contributed by atoms with E-state index in [0.717, 1.165) is 0 Å². The van der Waals surface area contributed by atoms with Gasteiger partial charge in [-0.15, -0.1) is 0 Å². The fraction of sp³-hybridized carbons (Fsp3) is 1.00. The molecule has 0 saturated carbocycles. The first-order chi connectivity index (χ1) is 11.6. The fourth-order valence-electron chi connectivity index (χ4n) is 2.16. The number of phosphoric acid groups is 1. The molecule has 5 N–H and O–H groups in total. The lowest BCUT2D eigenvalue weighted by Crippen LogP contribution is -2.60. The minimum absolute atomic E-state index is 0.00391. The molecule has 4 atom stereocenters. The van der Waals surface area contributed by atoms with Gasteiger partial charge in [0.2, 0.25) is 5.79 Å². The molecule has 3 unspecified atom stereocenters. The third-order valence-electron chi connectivity index (χ3n) is 3.25. The average Bonchev–Trinajstić information content (AvgIpc) is 2.51. The molecule has 1 aliphatic heterocycles. The second-order valence-electron chi connectivity index (χ2n) is 5.28. The highest BCUT2D eigenvalue weighted by Crippen LogP contribution is 2.41. The molecule has 25 heavy (non-hydrogen) atoms. The summed E-state index contributed by atoms with van der Waals surface area (Å²) in [4.78, 5) is 17.4. The lowest BCUT2D eigenvalue weighted by molar-refractivity contribution is -0.331. The van der Waals surface area contributed by atoms with Crippen LogP contribution in [0.1, 0.15) is 26.7 Å². The summed E-state index contributed by atoms with van der Waals surface area (Å²) < 4.78 is 36.2. The molecule has 11 nitrogen and oxygen atoms in total. The maximum atomic E-state index is 10.8. The van der Waals surface area contributed by atoms with Gasteiger partial charge in [0.1, 0.15) is 12.7 Å². The van der Waals surface area contributed by atoms with Gasteiger partial charge in [-0.05, 0) is 20.3 Å². The van der Waals surface area contributed by atoms with Crippen LogP contribution in [-0.4, -0.2) is 75.6 Å². The van der Waals surface area contributed by atoms with E-state index in [2.05, 4.69) is 4.52 Å². The molecule has 150 valence electrons. The first-order valence-corrected chi connectivity index (χ1v) is 10.4. The van der Waals surface area contributed by atoms with E-state index in [1.54, 1.807) is 13.8 Å². The predicted octanol–water partition coefficient (Wildman–Crippen LogP) is 0.00160. The topological polar surface area (TPSA) is 164 Å². The van der Waals surface area contributed by atoms with Gasteiger partial charge in [0.15, 0.2) is 0 Å². The van der Waals surface area contributed by atoms with E-state index in [9.17, 15) is 19.9 Å². The van der Waals surface area contributed by atoms with E-state index in [0.29, 0.717) is 13.2 Å². The van der Waals surface area contributed by atoms with E-state index in [-0.39, 0.29) is 19.4 Å². The second kappa shape index (κ2) is 10.6. The number of rotatable bonds is 11. The van der Waals surface area contributed by atoms with Crippen LogP contribution in [0.25, 0.3) is 0 Å². The molecule has 0 spiro atoms. The minimum Gasteiger partial charge on any atom is -0.390 e. The minimum atomic E-state index is -4.88. The van der Waals surface area contributed by atoms with Crippen molar-refractivity contribution in [2.24, 2.45) is 0 Å². The van der Waals surface area contributed by atoms with E-state index < -0.39 is 47.1 Å². The first kappa shape index (κ1) is 23.3. The highest BCUT2D eigenvalue weighted by atomic mass is 31.2. The zero-order chi connectivity index (χ0) is 19.1. The van der Waals surface area contributed by atoms with Gasteiger partial charge in [-0.1, -0.05) is 0 Å². The van der Waals surface area contributed by atoms with Crippen LogP contribution in [0.5, 0.6) is 0 Å². The van der Waals surface area contributed by atoms with Crippen molar-refractivity contribution in [2.75, 3.05) is 26.4 Å². The highest BCUT2D eigenvalue weighted by Gasteiger charge is 2.49. The first-order valence-electron chi connectivity index (χ1n) is 7.76. The third kappa shape index (κ3) is 8.21. The zero-order valence-corrected chi connectivity index (χ0v) is 15.8. The normalized spacial score (nSPS) is 30.8. The van der Waals surface area contributed by atoms with Crippen molar-refractivity contribution in [3.8, 4) is 0 Å². The number of phosphoric ester groups is 1. The van der Waals surface area contributed by atoms with Crippen LogP contribution in [0, 0.1) is 0 Å². The van der Waals surface area contributed by atoms with Crippen LogP contribution in [-0.2, 0) is 27.4 Å². The summed E-state index contributed by atoms with van der Waals surface area (Å²) in [6, 6.07) is 0. The Kier molecular flexibility index (Phi) is 9.84. The van der Waals surface area contributed by atoms with Crippen molar-refractivity contribution in [1.29, 1.82) is 0 Å². The molecule has 0 aromatic rings. The number of hydrogen-bond acceptors (Lipinski definition) is 9. The molecule has 1 fully saturated rings. The predicted molar refractivity (Wildman–Crippen MR) is 85.2 cm³/mol. The van der Waals surface area contributed by atoms with E-state index in [1.807, 2.05) is 0 Å². The molecular formula is C12H26O11P2. The lowest BCUT2D eigenvalue weighted by atomic mass is 9.94. The largest absolute Gasteiger partial charge is 0.469 e. The molecule has 0 bridgehead atoms. The van der Waals surface area contributed by atoms with E-state index in [4.69, 9.17) is 28.1 Å². The molecule has 1 saturated heterocycles. The Bertz CT molecular complexity index is 427. The molecule has 1 aliphatic rings. The quantitative estimate of drug-likeness (QED) is 0.292. The Morgan fingerprint density at radius 1 is 1.20 bits per heavy atom. The Balaban J connectivity index is 2.56. The number of ether oxygens (including phenoxy) is 1. The summed E-state index contributed by atoms with van der Waals surface area (Å²) in [7, 11) is -6.39. The van der Waals surface area contributed by atoms with Crippen molar-refractivity contribution >= 4 is 16.4 Å². The van der Waals surface area contributed by atoms with Gasteiger partial charge in [-0.2, -0.15) is 0 Å². The summed E-state index contributed by atoms with van der Waals surface area (Å²) in [5, 5.41) is 29.9. The molecule has 0 aromatic heterocycles. The van der Waals surface area contributed by atoms with Crippen LogP contribution in [0.2, 0.25) is 0 Å². The summed E-state index contributed by atoms with van der Waals surface area (Å²) in [5.41, 5.74) is 0. The Morgan fingerprint density at radius 3 is 2.32 bits per heavy atom.